The SMILES string of the molecule is CN=C(NCCS(=O)C(C)(C)C)N1CCN(Cc2cc(OC)ccc2OC)CC1. The molecule has 164 valence electrons. The van der Waals surface area contributed by atoms with Crippen molar-refractivity contribution in [3.05, 3.63) is 23.8 Å². The predicted molar refractivity (Wildman–Crippen MR) is 121 cm³/mol. The Balaban J connectivity index is 1.85. The van der Waals surface area contributed by atoms with Gasteiger partial charge in [-0.25, -0.2) is 0 Å². The first-order valence-electron chi connectivity index (χ1n) is 10.1. The first kappa shape index (κ1) is 23.5. The van der Waals surface area contributed by atoms with Crippen LogP contribution in [0.1, 0.15) is 26.3 Å². The summed E-state index contributed by atoms with van der Waals surface area (Å²) in [6.07, 6.45) is 0. The minimum Gasteiger partial charge on any atom is -0.497 e. The molecule has 0 spiro atoms. The van der Waals surface area contributed by atoms with Crippen molar-refractivity contribution in [1.82, 2.24) is 15.1 Å². The molecular formula is C21H36N4O3S. The molecule has 1 atom stereocenters. The number of rotatable bonds is 7. The fourth-order valence-electron chi connectivity index (χ4n) is 3.26. The summed E-state index contributed by atoms with van der Waals surface area (Å²) in [5.41, 5.74) is 1.13. The van der Waals surface area contributed by atoms with Crippen LogP contribution in [0.3, 0.4) is 0 Å². The van der Waals surface area contributed by atoms with E-state index >= 15 is 0 Å². The van der Waals surface area contributed by atoms with Crippen LogP contribution in [-0.4, -0.2) is 84.5 Å². The molecule has 1 unspecified atom stereocenters. The summed E-state index contributed by atoms with van der Waals surface area (Å²) in [5.74, 6) is 3.24. The summed E-state index contributed by atoms with van der Waals surface area (Å²) in [5, 5.41) is 3.37. The fourth-order valence-corrected chi connectivity index (χ4v) is 4.16. The maximum absolute atomic E-state index is 12.2. The van der Waals surface area contributed by atoms with E-state index in [4.69, 9.17) is 9.47 Å². The Morgan fingerprint density at radius 2 is 1.86 bits per heavy atom. The molecule has 0 aromatic heterocycles. The van der Waals surface area contributed by atoms with Gasteiger partial charge in [-0.15, -0.1) is 0 Å². The van der Waals surface area contributed by atoms with Crippen LogP contribution in [0.5, 0.6) is 11.5 Å². The molecule has 1 aromatic carbocycles. The third-order valence-electron chi connectivity index (χ3n) is 5.02. The van der Waals surface area contributed by atoms with Crippen LogP contribution in [0.2, 0.25) is 0 Å². The molecule has 29 heavy (non-hydrogen) atoms. The van der Waals surface area contributed by atoms with Gasteiger partial charge in [0.15, 0.2) is 5.96 Å². The van der Waals surface area contributed by atoms with E-state index in [2.05, 4.69) is 20.1 Å². The Bertz CT molecular complexity index is 710. The van der Waals surface area contributed by atoms with Crippen molar-refractivity contribution in [2.24, 2.45) is 4.99 Å². The van der Waals surface area contributed by atoms with Crippen LogP contribution < -0.4 is 14.8 Å². The van der Waals surface area contributed by atoms with Crippen molar-refractivity contribution < 1.29 is 13.7 Å². The maximum atomic E-state index is 12.2. The molecule has 0 saturated carbocycles. The molecule has 0 radical (unpaired) electrons. The minimum atomic E-state index is -0.862. The standard InChI is InChI=1S/C21H36N4O3S/c1-21(2,3)29(26)14-9-23-20(22-4)25-12-10-24(11-13-25)16-17-15-18(27-5)7-8-19(17)28-6/h7-8,15H,9-14,16H2,1-6H3,(H,22,23). The van der Waals surface area contributed by atoms with Crippen LogP contribution in [0.25, 0.3) is 0 Å². The highest BCUT2D eigenvalue weighted by Gasteiger charge is 2.22. The van der Waals surface area contributed by atoms with Crippen LogP contribution in [-0.2, 0) is 17.3 Å². The van der Waals surface area contributed by atoms with Gasteiger partial charge in [-0.2, -0.15) is 0 Å². The van der Waals surface area contributed by atoms with Crippen LogP contribution in [0, 0.1) is 0 Å². The van der Waals surface area contributed by atoms with E-state index in [-0.39, 0.29) is 4.75 Å². The quantitative estimate of drug-likeness (QED) is 0.533. The first-order chi connectivity index (χ1) is 13.8. The maximum Gasteiger partial charge on any atom is 0.193 e. The van der Waals surface area contributed by atoms with Crippen molar-refractivity contribution in [2.45, 2.75) is 32.1 Å². The van der Waals surface area contributed by atoms with Crippen molar-refractivity contribution in [3.8, 4) is 11.5 Å². The third-order valence-corrected chi connectivity index (χ3v) is 6.96. The average Bonchev–Trinajstić information content (AvgIpc) is 2.71. The van der Waals surface area contributed by atoms with E-state index < -0.39 is 10.8 Å². The Morgan fingerprint density at radius 3 is 2.41 bits per heavy atom. The molecule has 8 heteroatoms. The number of nitrogens with one attached hydrogen (secondary N) is 1. The second kappa shape index (κ2) is 10.8. The number of aliphatic imine (C=N–C) groups is 1. The summed E-state index contributed by atoms with van der Waals surface area (Å²) in [6, 6.07) is 5.92. The van der Waals surface area contributed by atoms with Gasteiger partial charge in [0.1, 0.15) is 11.5 Å². The zero-order chi connectivity index (χ0) is 21.4. The van der Waals surface area contributed by atoms with Gasteiger partial charge >= 0.3 is 0 Å². The van der Waals surface area contributed by atoms with Crippen molar-refractivity contribution >= 4 is 16.8 Å². The minimum absolute atomic E-state index is 0.183. The monoisotopic (exact) mass is 424 g/mol. The molecule has 1 saturated heterocycles. The molecule has 2 rings (SSSR count). The van der Waals surface area contributed by atoms with Gasteiger partial charge in [0, 0.05) is 73.2 Å². The van der Waals surface area contributed by atoms with E-state index in [9.17, 15) is 4.21 Å². The number of ether oxygens (including phenoxy) is 2. The zero-order valence-electron chi connectivity index (χ0n) is 18.7. The molecule has 1 aliphatic rings. The molecule has 1 aliphatic heterocycles. The lowest BCUT2D eigenvalue weighted by molar-refractivity contribution is 0.171. The second-order valence-electron chi connectivity index (χ2n) is 8.08. The molecule has 0 amide bonds. The average molecular weight is 425 g/mol. The summed E-state index contributed by atoms with van der Waals surface area (Å²) in [6.45, 7) is 11.2. The highest BCUT2D eigenvalue weighted by Crippen LogP contribution is 2.25. The lowest BCUT2D eigenvalue weighted by Gasteiger charge is -2.36. The highest BCUT2D eigenvalue weighted by atomic mass is 32.2. The van der Waals surface area contributed by atoms with Gasteiger partial charge in [0.25, 0.3) is 0 Å². The number of guanidine groups is 1. The lowest BCUT2D eigenvalue weighted by atomic mass is 10.1. The number of piperazine rings is 1. The van der Waals surface area contributed by atoms with Crippen LogP contribution >= 0.6 is 0 Å². The molecule has 1 fully saturated rings. The molecule has 0 bridgehead atoms. The summed E-state index contributed by atoms with van der Waals surface area (Å²) >= 11 is 0. The van der Waals surface area contributed by atoms with Crippen molar-refractivity contribution in [1.29, 1.82) is 0 Å². The van der Waals surface area contributed by atoms with Crippen LogP contribution in [0.4, 0.5) is 0 Å². The molecule has 0 aliphatic carbocycles. The van der Waals surface area contributed by atoms with Gasteiger partial charge < -0.3 is 19.7 Å². The van der Waals surface area contributed by atoms with Gasteiger partial charge in [-0.3, -0.25) is 14.1 Å². The number of hydrogen-bond donors (Lipinski definition) is 1. The highest BCUT2D eigenvalue weighted by molar-refractivity contribution is 7.86. The molecule has 1 N–H and O–H groups in total. The number of methoxy groups -OCH3 is 2. The molecular weight excluding hydrogens is 388 g/mol. The topological polar surface area (TPSA) is 66.4 Å². The van der Waals surface area contributed by atoms with Crippen molar-refractivity contribution in [3.63, 3.8) is 0 Å². The Kier molecular flexibility index (Phi) is 8.77. The van der Waals surface area contributed by atoms with Crippen molar-refractivity contribution in [2.75, 3.05) is 59.7 Å². The van der Waals surface area contributed by atoms with E-state index in [1.165, 1.54) is 0 Å². The smallest absolute Gasteiger partial charge is 0.193 e. The third kappa shape index (κ3) is 6.89. The lowest BCUT2D eigenvalue weighted by Crippen LogP contribution is -2.52. The summed E-state index contributed by atoms with van der Waals surface area (Å²) in [4.78, 5) is 9.08. The Labute approximate surface area is 177 Å². The normalized spacial score (nSPS) is 17.2. The first-order valence-corrected chi connectivity index (χ1v) is 11.4. The van der Waals surface area contributed by atoms with E-state index in [0.29, 0.717) is 12.3 Å². The zero-order valence-corrected chi connectivity index (χ0v) is 19.5. The molecule has 7 nitrogen and oxygen atoms in total. The van der Waals surface area contributed by atoms with Crippen LogP contribution in [0.15, 0.2) is 23.2 Å². The largest absolute Gasteiger partial charge is 0.497 e. The van der Waals surface area contributed by atoms with E-state index in [1.54, 1.807) is 21.3 Å². The summed E-state index contributed by atoms with van der Waals surface area (Å²) < 4.78 is 22.9. The molecule has 1 heterocycles. The predicted octanol–water partition coefficient (Wildman–Crippen LogP) is 1.94. The number of benzene rings is 1. The second-order valence-corrected chi connectivity index (χ2v) is 10.4. The van der Waals surface area contributed by atoms with Gasteiger partial charge in [-0.05, 0) is 39.0 Å². The van der Waals surface area contributed by atoms with Gasteiger partial charge in [0.05, 0.1) is 14.2 Å². The Morgan fingerprint density at radius 1 is 1.17 bits per heavy atom. The Hall–Kier alpha value is -1.80. The summed E-state index contributed by atoms with van der Waals surface area (Å²) in [7, 11) is 4.32. The fraction of sp³-hybridized carbons (Fsp3) is 0.667. The van der Waals surface area contributed by atoms with Gasteiger partial charge in [-0.1, -0.05) is 0 Å². The van der Waals surface area contributed by atoms with Gasteiger partial charge in [0.2, 0.25) is 0 Å². The molecule has 1 aromatic rings. The van der Waals surface area contributed by atoms with E-state index in [1.807, 2.05) is 39.0 Å². The van der Waals surface area contributed by atoms with E-state index in [0.717, 1.165) is 55.7 Å². The number of hydrogen-bond acceptors (Lipinski definition) is 5. The number of nitrogens with zero attached hydrogens (tertiary/aromatic N) is 3.